The monoisotopic (exact) mass is 218 g/mol. The first-order chi connectivity index (χ1) is 7.59. The lowest BCUT2D eigenvalue weighted by Gasteiger charge is -2.17. The van der Waals surface area contributed by atoms with Crippen LogP contribution in [-0.4, -0.2) is 19.0 Å². The molecule has 0 aliphatic carbocycles. The van der Waals surface area contributed by atoms with E-state index in [-0.39, 0.29) is 17.7 Å². The molecule has 3 heteroatoms. The number of nitrogens with two attached hydrogens (primary N) is 1. The van der Waals surface area contributed by atoms with Gasteiger partial charge in [-0.1, -0.05) is 18.2 Å². The lowest BCUT2D eigenvalue weighted by atomic mass is 9.87. The van der Waals surface area contributed by atoms with Crippen LogP contribution in [0.15, 0.2) is 18.2 Å². The molecule has 0 radical (unpaired) electrons. The predicted molar refractivity (Wildman–Crippen MR) is 64.2 cm³/mol. The van der Waals surface area contributed by atoms with Crippen LogP contribution < -0.4 is 11.1 Å². The predicted octanol–water partition coefficient (Wildman–Crippen LogP) is 1.09. The Kier molecular flexibility index (Phi) is 2.97. The molecular formula is C13H18N2O. The molecule has 0 aromatic heterocycles. The quantitative estimate of drug-likeness (QED) is 0.780. The molecule has 2 atom stereocenters. The van der Waals surface area contributed by atoms with Crippen molar-refractivity contribution < 1.29 is 4.79 Å². The van der Waals surface area contributed by atoms with Gasteiger partial charge in [-0.15, -0.1) is 0 Å². The normalized spacial score (nSPS) is 24.6. The summed E-state index contributed by atoms with van der Waals surface area (Å²) >= 11 is 0. The summed E-state index contributed by atoms with van der Waals surface area (Å²) in [5, 5.41) is 3.24. The zero-order valence-electron chi connectivity index (χ0n) is 9.79. The highest BCUT2D eigenvalue weighted by Gasteiger charge is 2.32. The van der Waals surface area contributed by atoms with Gasteiger partial charge in [-0.05, 0) is 30.5 Å². The van der Waals surface area contributed by atoms with Crippen molar-refractivity contribution in [2.24, 2.45) is 11.7 Å². The SMILES string of the molecule is Cc1ccc(C2CNCC2C(N)=O)cc1C. The topological polar surface area (TPSA) is 55.1 Å². The number of carbonyl (C=O) groups excluding carboxylic acids is 1. The van der Waals surface area contributed by atoms with Crippen molar-refractivity contribution in [3.63, 3.8) is 0 Å². The highest BCUT2D eigenvalue weighted by molar-refractivity contribution is 5.78. The number of primary amides is 1. The van der Waals surface area contributed by atoms with E-state index in [2.05, 4.69) is 37.4 Å². The molecule has 3 nitrogen and oxygen atoms in total. The molecule has 1 saturated heterocycles. The van der Waals surface area contributed by atoms with Crippen molar-refractivity contribution in [1.29, 1.82) is 0 Å². The number of hydrogen-bond donors (Lipinski definition) is 2. The van der Waals surface area contributed by atoms with Crippen LogP contribution in [0.25, 0.3) is 0 Å². The Hall–Kier alpha value is -1.35. The molecule has 0 spiro atoms. The molecule has 2 unspecified atom stereocenters. The first kappa shape index (κ1) is 11.1. The fraction of sp³-hybridized carbons (Fsp3) is 0.462. The van der Waals surface area contributed by atoms with Gasteiger partial charge < -0.3 is 11.1 Å². The maximum Gasteiger partial charge on any atom is 0.222 e. The van der Waals surface area contributed by atoms with Crippen LogP contribution in [0, 0.1) is 19.8 Å². The number of rotatable bonds is 2. The van der Waals surface area contributed by atoms with Gasteiger partial charge in [0.2, 0.25) is 5.91 Å². The summed E-state index contributed by atoms with van der Waals surface area (Å²) in [6.45, 7) is 5.74. The smallest absolute Gasteiger partial charge is 0.222 e. The van der Waals surface area contributed by atoms with Crippen LogP contribution in [0.1, 0.15) is 22.6 Å². The van der Waals surface area contributed by atoms with Crippen LogP contribution >= 0.6 is 0 Å². The minimum Gasteiger partial charge on any atom is -0.369 e. The zero-order valence-corrected chi connectivity index (χ0v) is 9.79. The number of amides is 1. The average molecular weight is 218 g/mol. The second kappa shape index (κ2) is 4.26. The molecule has 1 amide bonds. The summed E-state index contributed by atoms with van der Waals surface area (Å²) in [6, 6.07) is 6.39. The molecule has 1 aliphatic heterocycles. The average Bonchev–Trinajstić information content (AvgIpc) is 2.71. The van der Waals surface area contributed by atoms with E-state index in [1.165, 1.54) is 16.7 Å². The van der Waals surface area contributed by atoms with Crippen LogP contribution in [0.3, 0.4) is 0 Å². The summed E-state index contributed by atoms with van der Waals surface area (Å²) in [6.07, 6.45) is 0. The Morgan fingerprint density at radius 2 is 2.06 bits per heavy atom. The molecule has 2 rings (SSSR count). The van der Waals surface area contributed by atoms with E-state index in [0.29, 0.717) is 6.54 Å². The van der Waals surface area contributed by atoms with E-state index < -0.39 is 0 Å². The number of benzene rings is 1. The lowest BCUT2D eigenvalue weighted by molar-refractivity contribution is -0.121. The van der Waals surface area contributed by atoms with Crippen LogP contribution in [0.2, 0.25) is 0 Å². The standard InChI is InChI=1S/C13H18N2O/c1-8-3-4-10(5-9(8)2)11-6-15-7-12(11)13(14)16/h3-5,11-12,15H,6-7H2,1-2H3,(H2,14,16). The van der Waals surface area contributed by atoms with Crippen molar-refractivity contribution >= 4 is 5.91 Å². The Labute approximate surface area is 96.0 Å². The fourth-order valence-electron chi connectivity index (χ4n) is 2.32. The van der Waals surface area contributed by atoms with E-state index in [1.54, 1.807) is 0 Å². The molecule has 0 saturated carbocycles. The molecule has 1 aromatic rings. The van der Waals surface area contributed by atoms with Crippen molar-refractivity contribution in [3.05, 3.63) is 34.9 Å². The summed E-state index contributed by atoms with van der Waals surface area (Å²) in [5.41, 5.74) is 9.19. The summed E-state index contributed by atoms with van der Waals surface area (Å²) in [7, 11) is 0. The van der Waals surface area contributed by atoms with Crippen LogP contribution in [0.5, 0.6) is 0 Å². The van der Waals surface area contributed by atoms with Crippen LogP contribution in [0.4, 0.5) is 0 Å². The molecule has 0 bridgehead atoms. The Morgan fingerprint density at radius 3 is 2.69 bits per heavy atom. The van der Waals surface area contributed by atoms with Gasteiger partial charge in [0, 0.05) is 19.0 Å². The van der Waals surface area contributed by atoms with Gasteiger partial charge in [-0.2, -0.15) is 0 Å². The van der Waals surface area contributed by atoms with Gasteiger partial charge in [0.1, 0.15) is 0 Å². The zero-order chi connectivity index (χ0) is 11.7. The van der Waals surface area contributed by atoms with Crippen molar-refractivity contribution in [2.75, 3.05) is 13.1 Å². The third-order valence-corrected chi connectivity index (χ3v) is 3.54. The Bertz CT molecular complexity index is 414. The molecule has 1 aliphatic rings. The Balaban J connectivity index is 2.29. The number of carbonyl (C=O) groups is 1. The molecule has 1 fully saturated rings. The number of hydrogen-bond acceptors (Lipinski definition) is 2. The molecular weight excluding hydrogens is 200 g/mol. The minimum absolute atomic E-state index is 0.0675. The van der Waals surface area contributed by atoms with E-state index in [0.717, 1.165) is 6.54 Å². The van der Waals surface area contributed by atoms with E-state index >= 15 is 0 Å². The summed E-state index contributed by atoms with van der Waals surface area (Å²) in [4.78, 5) is 11.3. The third kappa shape index (κ3) is 1.95. The van der Waals surface area contributed by atoms with Crippen molar-refractivity contribution in [1.82, 2.24) is 5.32 Å². The van der Waals surface area contributed by atoms with Crippen molar-refractivity contribution in [3.8, 4) is 0 Å². The third-order valence-electron chi connectivity index (χ3n) is 3.54. The number of aryl methyl sites for hydroxylation is 2. The summed E-state index contributed by atoms with van der Waals surface area (Å²) in [5.74, 6) is -0.0351. The number of nitrogens with one attached hydrogen (secondary N) is 1. The Morgan fingerprint density at radius 1 is 1.31 bits per heavy atom. The molecule has 16 heavy (non-hydrogen) atoms. The fourth-order valence-corrected chi connectivity index (χ4v) is 2.32. The molecule has 86 valence electrons. The van der Waals surface area contributed by atoms with Gasteiger partial charge in [0.25, 0.3) is 0 Å². The van der Waals surface area contributed by atoms with E-state index in [4.69, 9.17) is 5.73 Å². The first-order valence-electron chi connectivity index (χ1n) is 5.67. The lowest BCUT2D eigenvalue weighted by Crippen LogP contribution is -2.28. The maximum atomic E-state index is 11.3. The van der Waals surface area contributed by atoms with Gasteiger partial charge in [0.05, 0.1) is 5.92 Å². The first-order valence-corrected chi connectivity index (χ1v) is 5.67. The molecule has 1 aromatic carbocycles. The highest BCUT2D eigenvalue weighted by Crippen LogP contribution is 2.29. The maximum absolute atomic E-state index is 11.3. The van der Waals surface area contributed by atoms with Gasteiger partial charge in [-0.3, -0.25) is 4.79 Å². The van der Waals surface area contributed by atoms with Gasteiger partial charge in [0.15, 0.2) is 0 Å². The summed E-state index contributed by atoms with van der Waals surface area (Å²) < 4.78 is 0. The molecule has 3 N–H and O–H groups in total. The van der Waals surface area contributed by atoms with Crippen LogP contribution in [-0.2, 0) is 4.79 Å². The highest BCUT2D eigenvalue weighted by atomic mass is 16.1. The second-order valence-corrected chi connectivity index (χ2v) is 4.62. The van der Waals surface area contributed by atoms with E-state index in [1.807, 2.05) is 0 Å². The second-order valence-electron chi connectivity index (χ2n) is 4.62. The van der Waals surface area contributed by atoms with Gasteiger partial charge in [-0.25, -0.2) is 0 Å². The van der Waals surface area contributed by atoms with E-state index in [9.17, 15) is 4.79 Å². The molecule has 1 heterocycles. The van der Waals surface area contributed by atoms with Gasteiger partial charge >= 0.3 is 0 Å². The van der Waals surface area contributed by atoms with Crippen molar-refractivity contribution in [2.45, 2.75) is 19.8 Å². The minimum atomic E-state index is -0.201. The largest absolute Gasteiger partial charge is 0.369 e.